The highest BCUT2D eigenvalue weighted by atomic mass is 16.5. The number of hydrogen-bond donors (Lipinski definition) is 1. The molecule has 0 aliphatic rings. The van der Waals surface area contributed by atoms with Gasteiger partial charge in [0.15, 0.2) is 0 Å². The Bertz CT molecular complexity index is 918. The van der Waals surface area contributed by atoms with Crippen LogP contribution in [0.5, 0.6) is 0 Å². The molecule has 3 aromatic rings. The largest absolute Gasteiger partial charge is 0.369 e. The summed E-state index contributed by atoms with van der Waals surface area (Å²) in [5.74, 6) is 0.487. The zero-order valence-electron chi connectivity index (χ0n) is 18.0. The third-order valence-electron chi connectivity index (χ3n) is 5.07. The summed E-state index contributed by atoms with van der Waals surface area (Å²) in [5.41, 5.74) is 4.53. The summed E-state index contributed by atoms with van der Waals surface area (Å²) in [6.07, 6.45) is 4.25. The molecule has 5 nitrogen and oxygen atoms in total. The highest BCUT2D eigenvalue weighted by Gasteiger charge is 2.14. The van der Waals surface area contributed by atoms with E-state index in [1.807, 2.05) is 29.1 Å². The van der Waals surface area contributed by atoms with E-state index >= 15 is 0 Å². The Kier molecular flexibility index (Phi) is 7.80. The van der Waals surface area contributed by atoms with Gasteiger partial charge in [-0.1, -0.05) is 62.4 Å². The Morgan fingerprint density at radius 2 is 1.83 bits per heavy atom. The predicted molar refractivity (Wildman–Crippen MR) is 120 cm³/mol. The van der Waals surface area contributed by atoms with Crippen molar-refractivity contribution >= 4 is 5.91 Å². The molecule has 5 heteroatoms. The Balaban J connectivity index is 1.61. The molecule has 1 aromatic heterocycles. The highest BCUT2D eigenvalue weighted by molar-refractivity contribution is 5.80. The van der Waals surface area contributed by atoms with E-state index in [0.29, 0.717) is 19.1 Å². The summed E-state index contributed by atoms with van der Waals surface area (Å²) in [5, 5.41) is 7.27. The molecular weight excluding hydrogens is 374 g/mol. The topological polar surface area (TPSA) is 56.1 Å². The van der Waals surface area contributed by atoms with Gasteiger partial charge < -0.3 is 10.1 Å². The normalized spacial score (nSPS) is 12.1. The molecule has 3 rings (SSSR count). The average molecular weight is 406 g/mol. The number of hydrogen-bond acceptors (Lipinski definition) is 3. The van der Waals surface area contributed by atoms with E-state index in [1.54, 1.807) is 13.1 Å². The Hall–Kier alpha value is -2.92. The van der Waals surface area contributed by atoms with Crippen LogP contribution in [0.25, 0.3) is 11.1 Å². The molecule has 0 bridgehead atoms. The molecule has 0 aliphatic carbocycles. The molecule has 0 saturated heterocycles. The van der Waals surface area contributed by atoms with Crippen molar-refractivity contribution < 1.29 is 9.53 Å². The average Bonchev–Trinajstić information content (AvgIpc) is 3.25. The molecule has 0 saturated carbocycles. The van der Waals surface area contributed by atoms with E-state index in [4.69, 9.17) is 4.74 Å². The summed E-state index contributed by atoms with van der Waals surface area (Å²) >= 11 is 0. The standard InChI is InChI=1S/C25H31N3O2/c1-19(2)13-16-30-20(3)25(29)26-17-23-7-4-5-8-24(23)22-11-9-21(10-12-22)18-28-15-6-14-27-28/h4-12,14-15,19-20H,13,16-18H2,1-3H3,(H,26,29). The smallest absolute Gasteiger partial charge is 0.249 e. The van der Waals surface area contributed by atoms with Crippen LogP contribution >= 0.6 is 0 Å². The number of rotatable bonds is 10. The fourth-order valence-electron chi connectivity index (χ4n) is 3.21. The van der Waals surface area contributed by atoms with Crippen LogP contribution in [0.15, 0.2) is 67.0 Å². The van der Waals surface area contributed by atoms with Gasteiger partial charge in [-0.15, -0.1) is 0 Å². The number of ether oxygens (including phenoxy) is 1. The predicted octanol–water partition coefficient (Wildman–Crippen LogP) is 4.67. The fourth-order valence-corrected chi connectivity index (χ4v) is 3.21. The van der Waals surface area contributed by atoms with E-state index in [2.05, 4.69) is 60.7 Å². The van der Waals surface area contributed by atoms with Gasteiger partial charge in [0.1, 0.15) is 6.10 Å². The monoisotopic (exact) mass is 405 g/mol. The molecule has 0 radical (unpaired) electrons. The van der Waals surface area contributed by atoms with E-state index in [-0.39, 0.29) is 5.91 Å². The van der Waals surface area contributed by atoms with E-state index < -0.39 is 6.10 Å². The van der Waals surface area contributed by atoms with Crippen molar-refractivity contribution in [2.45, 2.75) is 46.4 Å². The lowest BCUT2D eigenvalue weighted by Gasteiger charge is -2.16. The molecule has 158 valence electrons. The maximum absolute atomic E-state index is 12.4. The van der Waals surface area contributed by atoms with E-state index in [0.717, 1.165) is 29.7 Å². The molecule has 1 amide bonds. The minimum Gasteiger partial charge on any atom is -0.369 e. The first-order chi connectivity index (χ1) is 14.5. The van der Waals surface area contributed by atoms with Crippen molar-refractivity contribution in [2.24, 2.45) is 5.92 Å². The van der Waals surface area contributed by atoms with Crippen molar-refractivity contribution in [3.05, 3.63) is 78.1 Å². The van der Waals surface area contributed by atoms with Crippen molar-refractivity contribution in [1.82, 2.24) is 15.1 Å². The second kappa shape index (κ2) is 10.7. The van der Waals surface area contributed by atoms with Crippen LogP contribution in [0.1, 0.15) is 38.3 Å². The lowest BCUT2D eigenvalue weighted by Crippen LogP contribution is -2.34. The van der Waals surface area contributed by atoms with Crippen LogP contribution in [-0.4, -0.2) is 28.4 Å². The summed E-state index contributed by atoms with van der Waals surface area (Å²) < 4.78 is 7.56. The summed E-state index contributed by atoms with van der Waals surface area (Å²) in [4.78, 5) is 12.4. The van der Waals surface area contributed by atoms with Crippen LogP contribution in [0.4, 0.5) is 0 Å². The Labute approximate surface area is 179 Å². The molecule has 1 N–H and O–H groups in total. The van der Waals surface area contributed by atoms with Gasteiger partial charge in [0.05, 0.1) is 6.54 Å². The fraction of sp³-hybridized carbons (Fsp3) is 0.360. The van der Waals surface area contributed by atoms with Gasteiger partial charge in [-0.3, -0.25) is 9.48 Å². The van der Waals surface area contributed by atoms with Crippen LogP contribution < -0.4 is 5.32 Å². The molecule has 2 aromatic carbocycles. The van der Waals surface area contributed by atoms with Crippen molar-refractivity contribution in [1.29, 1.82) is 0 Å². The van der Waals surface area contributed by atoms with E-state index in [9.17, 15) is 4.79 Å². The highest BCUT2D eigenvalue weighted by Crippen LogP contribution is 2.24. The molecule has 0 aliphatic heterocycles. The number of benzene rings is 2. The van der Waals surface area contributed by atoms with Crippen molar-refractivity contribution in [2.75, 3.05) is 6.61 Å². The van der Waals surface area contributed by atoms with Gasteiger partial charge in [-0.05, 0) is 47.6 Å². The summed E-state index contributed by atoms with van der Waals surface area (Å²) in [6, 6.07) is 18.6. The zero-order chi connectivity index (χ0) is 21.3. The lowest BCUT2D eigenvalue weighted by molar-refractivity contribution is -0.132. The molecule has 1 unspecified atom stereocenters. The summed E-state index contributed by atoms with van der Waals surface area (Å²) in [7, 11) is 0. The van der Waals surface area contributed by atoms with Crippen LogP contribution in [-0.2, 0) is 22.6 Å². The first-order valence-corrected chi connectivity index (χ1v) is 10.6. The SMILES string of the molecule is CC(C)CCOC(C)C(=O)NCc1ccccc1-c1ccc(Cn2cccn2)cc1. The van der Waals surface area contributed by atoms with Crippen molar-refractivity contribution in [3.8, 4) is 11.1 Å². The van der Waals surface area contributed by atoms with Crippen LogP contribution in [0, 0.1) is 5.92 Å². The molecule has 30 heavy (non-hydrogen) atoms. The second-order valence-electron chi connectivity index (χ2n) is 7.97. The quantitative estimate of drug-likeness (QED) is 0.533. The molecular formula is C25H31N3O2. The van der Waals surface area contributed by atoms with Gasteiger partial charge in [0, 0.05) is 25.5 Å². The maximum atomic E-state index is 12.4. The molecule has 0 spiro atoms. The minimum atomic E-state index is -0.447. The molecule has 1 heterocycles. The van der Waals surface area contributed by atoms with Crippen molar-refractivity contribution in [3.63, 3.8) is 0 Å². The Morgan fingerprint density at radius 1 is 1.07 bits per heavy atom. The third-order valence-corrected chi connectivity index (χ3v) is 5.07. The van der Waals surface area contributed by atoms with Gasteiger partial charge in [0.2, 0.25) is 5.91 Å². The Morgan fingerprint density at radius 3 is 2.53 bits per heavy atom. The number of amides is 1. The number of nitrogens with one attached hydrogen (secondary N) is 1. The third kappa shape index (κ3) is 6.29. The first-order valence-electron chi connectivity index (χ1n) is 10.6. The zero-order valence-corrected chi connectivity index (χ0v) is 18.0. The minimum absolute atomic E-state index is 0.0804. The lowest BCUT2D eigenvalue weighted by atomic mass is 9.98. The van der Waals surface area contributed by atoms with Crippen LogP contribution in [0.2, 0.25) is 0 Å². The van der Waals surface area contributed by atoms with Gasteiger partial charge >= 0.3 is 0 Å². The van der Waals surface area contributed by atoms with Gasteiger partial charge in [0.25, 0.3) is 0 Å². The second-order valence-corrected chi connectivity index (χ2v) is 7.97. The van der Waals surface area contributed by atoms with Crippen LogP contribution in [0.3, 0.4) is 0 Å². The number of carbonyl (C=O) groups excluding carboxylic acids is 1. The maximum Gasteiger partial charge on any atom is 0.249 e. The molecule has 1 atom stereocenters. The number of carbonyl (C=O) groups is 1. The number of aromatic nitrogens is 2. The van der Waals surface area contributed by atoms with E-state index in [1.165, 1.54) is 5.56 Å². The summed E-state index contributed by atoms with van der Waals surface area (Å²) in [6.45, 7) is 7.93. The van der Waals surface area contributed by atoms with Gasteiger partial charge in [-0.25, -0.2) is 0 Å². The first kappa shape index (κ1) is 21.8. The number of nitrogens with zero attached hydrogens (tertiary/aromatic N) is 2. The van der Waals surface area contributed by atoms with Gasteiger partial charge in [-0.2, -0.15) is 5.10 Å². The molecule has 0 fully saturated rings.